The maximum Gasteiger partial charge on any atom is 0.218 e. The SMILES string of the molecule is C#CCCC#CNC=O. The molecule has 0 atom stereocenters. The number of carbonyl (C=O) groups excluding carboxylic acids is 1. The highest BCUT2D eigenvalue weighted by molar-refractivity contribution is 5.49. The van der Waals surface area contributed by atoms with Gasteiger partial charge in [0.25, 0.3) is 0 Å². The van der Waals surface area contributed by atoms with Gasteiger partial charge in [0.1, 0.15) is 0 Å². The molecule has 9 heavy (non-hydrogen) atoms. The second-order valence-electron chi connectivity index (χ2n) is 1.27. The van der Waals surface area contributed by atoms with Gasteiger partial charge >= 0.3 is 0 Å². The Labute approximate surface area is 54.6 Å². The van der Waals surface area contributed by atoms with Gasteiger partial charge in [-0.15, -0.1) is 12.3 Å². The van der Waals surface area contributed by atoms with Crippen LogP contribution in [0.3, 0.4) is 0 Å². The predicted molar refractivity (Wildman–Crippen MR) is 35.0 cm³/mol. The summed E-state index contributed by atoms with van der Waals surface area (Å²) >= 11 is 0. The van der Waals surface area contributed by atoms with Gasteiger partial charge in [0, 0.05) is 18.9 Å². The summed E-state index contributed by atoms with van der Waals surface area (Å²) in [4.78, 5) is 9.58. The lowest BCUT2D eigenvalue weighted by molar-refractivity contribution is -0.108. The number of carbonyl (C=O) groups is 1. The predicted octanol–water partition coefficient (Wildman–Crippen LogP) is 0.107. The Morgan fingerprint density at radius 3 is 2.89 bits per heavy atom. The molecule has 0 saturated carbocycles. The van der Waals surface area contributed by atoms with E-state index in [1.54, 1.807) is 0 Å². The third-order valence-corrected chi connectivity index (χ3v) is 0.614. The van der Waals surface area contributed by atoms with Crippen LogP contribution in [0.25, 0.3) is 0 Å². The number of nitrogens with one attached hydrogen (secondary N) is 1. The van der Waals surface area contributed by atoms with E-state index < -0.39 is 0 Å². The van der Waals surface area contributed by atoms with Crippen molar-refractivity contribution < 1.29 is 4.79 Å². The van der Waals surface area contributed by atoms with E-state index in [4.69, 9.17) is 6.42 Å². The van der Waals surface area contributed by atoms with Gasteiger partial charge in [-0.3, -0.25) is 10.1 Å². The summed E-state index contributed by atoms with van der Waals surface area (Å²) in [6, 6.07) is 2.41. The highest BCUT2D eigenvalue weighted by Gasteiger charge is 1.70. The van der Waals surface area contributed by atoms with Crippen molar-refractivity contribution in [1.29, 1.82) is 0 Å². The first-order valence-electron chi connectivity index (χ1n) is 2.52. The van der Waals surface area contributed by atoms with Crippen LogP contribution >= 0.6 is 0 Å². The summed E-state index contributed by atoms with van der Waals surface area (Å²) in [6.07, 6.45) is 6.73. The van der Waals surface area contributed by atoms with E-state index in [9.17, 15) is 4.79 Å². The minimum Gasteiger partial charge on any atom is -0.288 e. The van der Waals surface area contributed by atoms with E-state index >= 15 is 0 Å². The van der Waals surface area contributed by atoms with E-state index in [0.29, 0.717) is 19.3 Å². The molecule has 0 unspecified atom stereocenters. The molecule has 0 bridgehead atoms. The Kier molecular flexibility index (Phi) is 5.56. The Balaban J connectivity index is 3.18. The molecule has 2 nitrogen and oxygen atoms in total. The number of terminal acetylenes is 1. The zero-order valence-electron chi connectivity index (χ0n) is 4.98. The fourth-order valence-electron chi connectivity index (χ4n) is 0.278. The summed E-state index contributed by atoms with van der Waals surface area (Å²) in [6.45, 7) is 0. The fourth-order valence-corrected chi connectivity index (χ4v) is 0.278. The molecule has 0 rings (SSSR count). The number of rotatable bonds is 2. The lowest BCUT2D eigenvalue weighted by Gasteiger charge is -1.76. The highest BCUT2D eigenvalue weighted by Crippen LogP contribution is 1.79. The van der Waals surface area contributed by atoms with Crippen LogP contribution in [0.1, 0.15) is 12.8 Å². The summed E-state index contributed by atoms with van der Waals surface area (Å²) in [5.74, 6) is 5.08. The van der Waals surface area contributed by atoms with E-state index in [2.05, 4.69) is 23.2 Å². The minimum atomic E-state index is 0.531. The third-order valence-electron chi connectivity index (χ3n) is 0.614. The van der Waals surface area contributed by atoms with E-state index in [-0.39, 0.29) is 0 Å². The van der Waals surface area contributed by atoms with Gasteiger partial charge in [0.05, 0.1) is 0 Å². The van der Waals surface area contributed by atoms with Crippen molar-refractivity contribution in [3.8, 4) is 24.3 Å². The number of hydrogen-bond acceptors (Lipinski definition) is 1. The standard InChI is InChI=1S/C7H7NO/c1-2-3-4-5-6-8-7-9/h1,7H,3-4H2,(H,8,9). The van der Waals surface area contributed by atoms with Crippen LogP contribution < -0.4 is 5.32 Å². The van der Waals surface area contributed by atoms with Crippen LogP contribution in [0.2, 0.25) is 0 Å². The zero-order valence-corrected chi connectivity index (χ0v) is 4.98. The van der Waals surface area contributed by atoms with Gasteiger partial charge in [-0.25, -0.2) is 0 Å². The molecule has 0 aliphatic carbocycles. The first-order chi connectivity index (χ1) is 4.41. The first kappa shape index (κ1) is 7.59. The van der Waals surface area contributed by atoms with Crippen LogP contribution in [0, 0.1) is 24.3 Å². The fraction of sp³-hybridized carbons (Fsp3) is 0.286. The van der Waals surface area contributed by atoms with Gasteiger partial charge in [-0.2, -0.15) is 0 Å². The van der Waals surface area contributed by atoms with Crippen LogP contribution in [0.15, 0.2) is 0 Å². The molecule has 2 heteroatoms. The van der Waals surface area contributed by atoms with Crippen LogP contribution in [0.4, 0.5) is 0 Å². The van der Waals surface area contributed by atoms with Crippen molar-refractivity contribution in [2.24, 2.45) is 0 Å². The molecule has 0 aromatic heterocycles. The summed E-state index contributed by atoms with van der Waals surface area (Å²) in [7, 11) is 0. The average molecular weight is 121 g/mol. The van der Waals surface area contributed by atoms with Crippen LogP contribution in [-0.4, -0.2) is 6.41 Å². The van der Waals surface area contributed by atoms with Crippen LogP contribution in [0.5, 0.6) is 0 Å². The molecular weight excluding hydrogens is 114 g/mol. The van der Waals surface area contributed by atoms with Crippen molar-refractivity contribution in [2.45, 2.75) is 12.8 Å². The van der Waals surface area contributed by atoms with Gasteiger partial charge in [-0.1, -0.05) is 5.92 Å². The van der Waals surface area contributed by atoms with Crippen molar-refractivity contribution in [3.63, 3.8) is 0 Å². The molecule has 0 radical (unpaired) electrons. The molecule has 46 valence electrons. The van der Waals surface area contributed by atoms with Crippen molar-refractivity contribution in [2.75, 3.05) is 0 Å². The second kappa shape index (κ2) is 6.59. The molecule has 0 aliphatic rings. The number of hydrogen-bond donors (Lipinski definition) is 1. The zero-order chi connectivity index (χ0) is 6.95. The Morgan fingerprint density at radius 2 is 2.33 bits per heavy atom. The maximum atomic E-state index is 9.58. The van der Waals surface area contributed by atoms with E-state index in [1.165, 1.54) is 0 Å². The van der Waals surface area contributed by atoms with Crippen molar-refractivity contribution >= 4 is 6.41 Å². The van der Waals surface area contributed by atoms with Gasteiger partial charge in [0.2, 0.25) is 6.41 Å². The average Bonchev–Trinajstić information content (AvgIpc) is 1.89. The largest absolute Gasteiger partial charge is 0.288 e. The molecule has 0 heterocycles. The Bertz CT molecular complexity index is 168. The Hall–Kier alpha value is -1.41. The molecule has 0 aromatic rings. The Morgan fingerprint density at radius 1 is 1.56 bits per heavy atom. The molecule has 0 aliphatic heterocycles. The summed E-state index contributed by atoms with van der Waals surface area (Å²) < 4.78 is 0. The first-order valence-corrected chi connectivity index (χ1v) is 2.52. The lowest BCUT2D eigenvalue weighted by Crippen LogP contribution is -1.98. The summed E-state index contributed by atoms with van der Waals surface area (Å²) in [5.41, 5.74) is 0. The molecule has 0 spiro atoms. The quantitative estimate of drug-likeness (QED) is 0.239. The topological polar surface area (TPSA) is 29.1 Å². The van der Waals surface area contributed by atoms with Crippen molar-refractivity contribution in [1.82, 2.24) is 5.32 Å². The summed E-state index contributed by atoms with van der Waals surface area (Å²) in [5, 5.41) is 2.20. The maximum absolute atomic E-state index is 9.58. The van der Waals surface area contributed by atoms with Gasteiger partial charge < -0.3 is 0 Å². The van der Waals surface area contributed by atoms with Gasteiger partial charge in [0.15, 0.2) is 0 Å². The van der Waals surface area contributed by atoms with Crippen molar-refractivity contribution in [3.05, 3.63) is 0 Å². The molecule has 0 fully saturated rings. The van der Waals surface area contributed by atoms with Crippen LogP contribution in [-0.2, 0) is 4.79 Å². The molecule has 0 aromatic carbocycles. The molecule has 0 saturated heterocycles. The normalized spacial score (nSPS) is 6.11. The number of unbranched alkanes of at least 4 members (excludes halogenated alkanes) is 1. The molecule has 1 N–H and O–H groups in total. The number of amides is 1. The smallest absolute Gasteiger partial charge is 0.218 e. The molecule has 1 amide bonds. The minimum absolute atomic E-state index is 0.531. The van der Waals surface area contributed by atoms with E-state index in [0.717, 1.165) is 0 Å². The third kappa shape index (κ3) is 6.59. The van der Waals surface area contributed by atoms with E-state index in [1.807, 2.05) is 0 Å². The molecular formula is C7H7NO. The lowest BCUT2D eigenvalue weighted by atomic mass is 10.3. The highest BCUT2D eigenvalue weighted by atomic mass is 16.1. The monoisotopic (exact) mass is 121 g/mol. The van der Waals surface area contributed by atoms with Gasteiger partial charge in [-0.05, 0) is 0 Å². The second-order valence-corrected chi connectivity index (χ2v) is 1.27.